The predicted octanol–water partition coefficient (Wildman–Crippen LogP) is 2.16. The number of hydrogen-bond acceptors (Lipinski definition) is 6. The fraction of sp³-hybridized carbons (Fsp3) is 0.300. The van der Waals surface area contributed by atoms with Gasteiger partial charge in [-0.05, 0) is 31.7 Å². The lowest BCUT2D eigenvalue weighted by Crippen LogP contribution is -2.02. The monoisotopic (exact) mass is 252 g/mol. The van der Waals surface area contributed by atoms with Gasteiger partial charge >= 0.3 is 0 Å². The zero-order chi connectivity index (χ0) is 11.5. The predicted molar refractivity (Wildman–Crippen MR) is 65.6 cm³/mol. The van der Waals surface area contributed by atoms with E-state index in [2.05, 4.69) is 15.0 Å². The maximum atomic E-state index is 5.57. The van der Waals surface area contributed by atoms with Crippen LogP contribution in [0.2, 0.25) is 0 Å². The Morgan fingerprint density at radius 1 is 1.25 bits per heavy atom. The molecule has 2 aromatic rings. The number of rotatable bonds is 3. The van der Waals surface area contributed by atoms with Crippen LogP contribution in [-0.2, 0) is 6.54 Å². The van der Waals surface area contributed by atoms with Crippen LogP contribution in [0.5, 0.6) is 0 Å². The van der Waals surface area contributed by atoms with Crippen molar-refractivity contribution in [3.05, 3.63) is 28.5 Å². The fourth-order valence-corrected chi connectivity index (χ4v) is 2.99. The molecule has 0 unspecified atom stereocenters. The van der Waals surface area contributed by atoms with E-state index in [1.807, 2.05) is 25.3 Å². The van der Waals surface area contributed by atoms with Gasteiger partial charge in [0.15, 0.2) is 9.50 Å². The Kier molecular flexibility index (Phi) is 3.52. The van der Waals surface area contributed by atoms with Crippen LogP contribution in [-0.4, -0.2) is 15.0 Å². The van der Waals surface area contributed by atoms with Gasteiger partial charge in [0.05, 0.1) is 5.69 Å². The van der Waals surface area contributed by atoms with Crippen LogP contribution in [0.4, 0.5) is 0 Å². The van der Waals surface area contributed by atoms with E-state index >= 15 is 0 Å². The van der Waals surface area contributed by atoms with E-state index in [0.29, 0.717) is 6.54 Å². The highest BCUT2D eigenvalue weighted by Crippen LogP contribution is 2.27. The van der Waals surface area contributed by atoms with Crippen LogP contribution in [0.3, 0.4) is 0 Å². The first kappa shape index (κ1) is 11.5. The molecule has 0 spiro atoms. The van der Waals surface area contributed by atoms with Gasteiger partial charge in [0, 0.05) is 23.3 Å². The third kappa shape index (κ3) is 2.78. The maximum Gasteiger partial charge on any atom is 0.195 e. The first-order valence-corrected chi connectivity index (χ1v) is 6.51. The standard InChI is InChI=1S/C10H12N4S2/c1-6-3-8(4-11)14-9(12-6)16-10-13-7(2)5-15-10/h3,5H,4,11H2,1-2H3. The first-order valence-electron chi connectivity index (χ1n) is 4.82. The normalized spacial score (nSPS) is 10.7. The van der Waals surface area contributed by atoms with Crippen LogP contribution in [0.25, 0.3) is 0 Å². The first-order chi connectivity index (χ1) is 7.67. The Labute approximate surface area is 102 Å². The number of hydrogen-bond donors (Lipinski definition) is 1. The summed E-state index contributed by atoms with van der Waals surface area (Å²) in [6.45, 7) is 4.36. The third-order valence-corrected chi connectivity index (χ3v) is 3.79. The molecule has 2 rings (SSSR count). The Morgan fingerprint density at radius 3 is 2.69 bits per heavy atom. The molecule has 0 bridgehead atoms. The molecule has 0 aliphatic heterocycles. The maximum absolute atomic E-state index is 5.57. The molecule has 0 saturated heterocycles. The Hall–Kier alpha value is -0.980. The van der Waals surface area contributed by atoms with Crippen molar-refractivity contribution >= 4 is 23.1 Å². The smallest absolute Gasteiger partial charge is 0.195 e. The van der Waals surface area contributed by atoms with Gasteiger partial charge in [-0.15, -0.1) is 11.3 Å². The summed E-state index contributed by atoms with van der Waals surface area (Å²) in [6.07, 6.45) is 0. The molecule has 0 fully saturated rings. The Morgan fingerprint density at radius 2 is 2.06 bits per heavy atom. The van der Waals surface area contributed by atoms with Crippen LogP contribution in [0.1, 0.15) is 17.1 Å². The zero-order valence-electron chi connectivity index (χ0n) is 9.10. The Bertz CT molecular complexity index is 495. The van der Waals surface area contributed by atoms with Gasteiger partial charge in [-0.2, -0.15) is 0 Å². The second-order valence-corrected chi connectivity index (χ2v) is 5.42. The molecular formula is C10H12N4S2. The molecule has 84 valence electrons. The molecule has 0 aromatic carbocycles. The number of nitrogens with two attached hydrogens (primary N) is 1. The minimum atomic E-state index is 0.438. The van der Waals surface area contributed by atoms with Gasteiger partial charge < -0.3 is 5.73 Å². The number of aromatic nitrogens is 3. The molecule has 2 aromatic heterocycles. The quantitative estimate of drug-likeness (QED) is 0.848. The summed E-state index contributed by atoms with van der Waals surface area (Å²) >= 11 is 3.09. The summed E-state index contributed by atoms with van der Waals surface area (Å²) in [4.78, 5) is 13.1. The Balaban J connectivity index is 2.24. The van der Waals surface area contributed by atoms with E-state index in [4.69, 9.17) is 5.73 Å². The summed E-state index contributed by atoms with van der Waals surface area (Å²) in [7, 11) is 0. The third-order valence-electron chi connectivity index (χ3n) is 1.87. The van der Waals surface area contributed by atoms with Gasteiger partial charge in [-0.3, -0.25) is 0 Å². The number of nitrogens with zero attached hydrogens (tertiary/aromatic N) is 3. The lowest BCUT2D eigenvalue weighted by Gasteiger charge is -2.01. The lowest BCUT2D eigenvalue weighted by atomic mass is 10.3. The highest BCUT2D eigenvalue weighted by Gasteiger charge is 2.06. The van der Waals surface area contributed by atoms with E-state index in [-0.39, 0.29) is 0 Å². The van der Waals surface area contributed by atoms with Crippen molar-refractivity contribution in [3.8, 4) is 0 Å². The van der Waals surface area contributed by atoms with Crippen LogP contribution >= 0.6 is 23.1 Å². The minimum Gasteiger partial charge on any atom is -0.325 e. The van der Waals surface area contributed by atoms with Crippen molar-refractivity contribution < 1.29 is 0 Å². The summed E-state index contributed by atoms with van der Waals surface area (Å²) in [6, 6.07) is 1.90. The van der Waals surface area contributed by atoms with Crippen LogP contribution < -0.4 is 5.73 Å². The zero-order valence-corrected chi connectivity index (χ0v) is 10.7. The van der Waals surface area contributed by atoms with E-state index in [9.17, 15) is 0 Å². The molecule has 16 heavy (non-hydrogen) atoms. The van der Waals surface area contributed by atoms with E-state index in [1.165, 1.54) is 11.8 Å². The van der Waals surface area contributed by atoms with Gasteiger partial charge in [0.1, 0.15) is 0 Å². The molecule has 0 aliphatic carbocycles. The summed E-state index contributed by atoms with van der Waals surface area (Å²) in [5.41, 5.74) is 8.40. The summed E-state index contributed by atoms with van der Waals surface area (Å²) < 4.78 is 0.964. The average Bonchev–Trinajstić information content (AvgIpc) is 2.63. The topological polar surface area (TPSA) is 64.7 Å². The van der Waals surface area contributed by atoms with Gasteiger partial charge in [-0.1, -0.05) is 0 Å². The largest absolute Gasteiger partial charge is 0.325 e. The van der Waals surface area contributed by atoms with Gasteiger partial charge in [0.25, 0.3) is 0 Å². The highest BCUT2D eigenvalue weighted by atomic mass is 32.2. The molecule has 2 heterocycles. The molecule has 0 amide bonds. The van der Waals surface area contributed by atoms with Crippen molar-refractivity contribution in [1.29, 1.82) is 0 Å². The van der Waals surface area contributed by atoms with Crippen molar-refractivity contribution in [3.63, 3.8) is 0 Å². The van der Waals surface area contributed by atoms with Crippen molar-refractivity contribution in [2.75, 3.05) is 0 Å². The highest BCUT2D eigenvalue weighted by molar-refractivity contribution is 8.00. The van der Waals surface area contributed by atoms with Crippen LogP contribution in [0.15, 0.2) is 20.9 Å². The molecule has 2 N–H and O–H groups in total. The molecule has 0 atom stereocenters. The SMILES string of the molecule is Cc1cc(CN)nc(Sc2nc(C)cs2)n1. The van der Waals surface area contributed by atoms with Crippen LogP contribution in [0, 0.1) is 13.8 Å². The summed E-state index contributed by atoms with van der Waals surface area (Å²) in [5, 5.41) is 2.73. The van der Waals surface area contributed by atoms with E-state index < -0.39 is 0 Å². The van der Waals surface area contributed by atoms with Crippen molar-refractivity contribution in [2.45, 2.75) is 29.9 Å². The molecular weight excluding hydrogens is 240 g/mol. The van der Waals surface area contributed by atoms with Gasteiger partial charge in [-0.25, -0.2) is 15.0 Å². The fourth-order valence-electron chi connectivity index (χ4n) is 1.21. The molecule has 0 radical (unpaired) electrons. The second-order valence-electron chi connectivity index (χ2n) is 3.34. The minimum absolute atomic E-state index is 0.438. The van der Waals surface area contributed by atoms with Crippen molar-refractivity contribution in [2.24, 2.45) is 5.73 Å². The van der Waals surface area contributed by atoms with Crippen molar-refractivity contribution in [1.82, 2.24) is 15.0 Å². The summed E-state index contributed by atoms with van der Waals surface area (Å²) in [5.74, 6) is 0. The van der Waals surface area contributed by atoms with E-state index in [0.717, 1.165) is 26.6 Å². The molecule has 6 heteroatoms. The lowest BCUT2D eigenvalue weighted by molar-refractivity contribution is 0.853. The average molecular weight is 252 g/mol. The molecule has 0 saturated carbocycles. The number of thiazole rings is 1. The second kappa shape index (κ2) is 4.90. The van der Waals surface area contributed by atoms with E-state index in [1.54, 1.807) is 11.3 Å². The number of aryl methyl sites for hydroxylation is 2. The van der Waals surface area contributed by atoms with Gasteiger partial charge in [0.2, 0.25) is 0 Å². The molecule has 0 aliphatic rings. The molecule has 4 nitrogen and oxygen atoms in total.